The maximum absolute atomic E-state index is 13.3. The van der Waals surface area contributed by atoms with Gasteiger partial charge in [-0.3, -0.25) is 4.79 Å². The zero-order chi connectivity index (χ0) is 18.7. The Hall–Kier alpha value is -2.68. The second-order valence-corrected chi connectivity index (χ2v) is 6.06. The molecule has 1 saturated heterocycles. The molecule has 0 radical (unpaired) electrons. The van der Waals surface area contributed by atoms with Crippen LogP contribution in [0.5, 0.6) is 0 Å². The summed E-state index contributed by atoms with van der Waals surface area (Å²) in [6, 6.07) is 5.95. The predicted molar refractivity (Wildman–Crippen MR) is 90.8 cm³/mol. The van der Waals surface area contributed by atoms with Crippen LogP contribution in [0.25, 0.3) is 0 Å². The zero-order valence-electron chi connectivity index (χ0n) is 13.8. The third-order valence-corrected chi connectivity index (χ3v) is 4.14. The number of aromatic nitrogens is 2. The van der Waals surface area contributed by atoms with Gasteiger partial charge in [-0.25, -0.2) is 9.97 Å². The predicted octanol–water partition coefficient (Wildman–Crippen LogP) is 2.47. The first-order valence-electron chi connectivity index (χ1n) is 8.17. The summed E-state index contributed by atoms with van der Waals surface area (Å²) in [6.45, 7) is 1.54. The molecule has 0 bridgehead atoms. The van der Waals surface area contributed by atoms with Crippen molar-refractivity contribution in [1.82, 2.24) is 15.3 Å². The summed E-state index contributed by atoms with van der Waals surface area (Å²) in [5.41, 5.74) is 3.91. The van der Waals surface area contributed by atoms with Crippen LogP contribution in [-0.4, -0.2) is 34.9 Å². The van der Waals surface area contributed by atoms with E-state index in [0.717, 1.165) is 19.4 Å². The summed E-state index contributed by atoms with van der Waals surface area (Å²) < 4.78 is 40.0. The first kappa shape index (κ1) is 18.1. The first-order valence-corrected chi connectivity index (χ1v) is 8.17. The second kappa shape index (κ2) is 7.28. The van der Waals surface area contributed by atoms with E-state index in [4.69, 9.17) is 5.73 Å². The van der Waals surface area contributed by atoms with Gasteiger partial charge in [0, 0.05) is 30.0 Å². The van der Waals surface area contributed by atoms with Crippen LogP contribution in [0.4, 0.5) is 24.8 Å². The van der Waals surface area contributed by atoms with E-state index in [-0.39, 0.29) is 23.2 Å². The lowest BCUT2D eigenvalue weighted by Gasteiger charge is -2.24. The second-order valence-electron chi connectivity index (χ2n) is 6.06. The number of alkyl halides is 3. The van der Waals surface area contributed by atoms with E-state index in [1.165, 1.54) is 18.2 Å². The Balaban J connectivity index is 1.98. The number of hydrogen-bond donors (Lipinski definition) is 3. The molecule has 9 heteroatoms. The number of ketones is 1. The standard InChI is InChI=1S/C17H18F3N5O/c18-17(19,20)12-9-23-16(24-10-4-3-7-22-8-10)25-14(12)15(26)11-5-1-2-6-13(11)21/h1-2,5-6,9-10,22H,3-4,7-8,21H2,(H,23,24,25). The molecule has 1 aromatic heterocycles. The van der Waals surface area contributed by atoms with Crippen LogP contribution in [0.3, 0.4) is 0 Å². The molecule has 3 rings (SSSR count). The molecular weight excluding hydrogens is 347 g/mol. The van der Waals surface area contributed by atoms with Crippen LogP contribution in [0.2, 0.25) is 0 Å². The fourth-order valence-electron chi connectivity index (χ4n) is 2.82. The molecule has 0 saturated carbocycles. The Morgan fingerprint density at radius 2 is 2.08 bits per heavy atom. The smallest absolute Gasteiger partial charge is 0.398 e. The lowest BCUT2D eigenvalue weighted by molar-refractivity contribution is -0.138. The Labute approximate surface area is 148 Å². The van der Waals surface area contributed by atoms with Crippen LogP contribution in [0.1, 0.15) is 34.5 Å². The van der Waals surface area contributed by atoms with Crippen LogP contribution in [-0.2, 0) is 6.18 Å². The molecule has 2 heterocycles. The van der Waals surface area contributed by atoms with E-state index < -0.39 is 23.2 Å². The minimum absolute atomic E-state index is 0.00904. The van der Waals surface area contributed by atoms with Gasteiger partial charge >= 0.3 is 6.18 Å². The highest BCUT2D eigenvalue weighted by Gasteiger charge is 2.37. The molecule has 138 valence electrons. The molecule has 1 aromatic carbocycles. The van der Waals surface area contributed by atoms with E-state index in [9.17, 15) is 18.0 Å². The summed E-state index contributed by atoms with van der Waals surface area (Å²) in [4.78, 5) is 20.3. The SMILES string of the molecule is Nc1ccccc1C(=O)c1nc(NC2CCCNC2)ncc1C(F)(F)F. The van der Waals surface area contributed by atoms with Gasteiger partial charge in [0.05, 0.1) is 0 Å². The van der Waals surface area contributed by atoms with Gasteiger partial charge in [0.1, 0.15) is 11.3 Å². The van der Waals surface area contributed by atoms with Gasteiger partial charge in [0.15, 0.2) is 0 Å². The summed E-state index contributed by atoms with van der Waals surface area (Å²) >= 11 is 0. The van der Waals surface area contributed by atoms with E-state index >= 15 is 0 Å². The number of carbonyl (C=O) groups is 1. The highest BCUT2D eigenvalue weighted by Crippen LogP contribution is 2.33. The number of benzene rings is 1. The number of halogens is 3. The van der Waals surface area contributed by atoms with Crippen molar-refractivity contribution in [3.8, 4) is 0 Å². The molecule has 0 spiro atoms. The van der Waals surface area contributed by atoms with Crippen molar-refractivity contribution in [2.75, 3.05) is 24.1 Å². The quantitative estimate of drug-likeness (QED) is 0.569. The van der Waals surface area contributed by atoms with Gasteiger partial charge in [-0.2, -0.15) is 13.2 Å². The van der Waals surface area contributed by atoms with E-state index in [1.54, 1.807) is 6.07 Å². The highest BCUT2D eigenvalue weighted by molar-refractivity contribution is 6.11. The third kappa shape index (κ3) is 3.93. The van der Waals surface area contributed by atoms with Crippen molar-refractivity contribution in [2.45, 2.75) is 25.1 Å². The van der Waals surface area contributed by atoms with Crippen molar-refractivity contribution >= 4 is 17.4 Å². The normalized spacial score (nSPS) is 17.7. The summed E-state index contributed by atoms with van der Waals surface area (Å²) in [5, 5.41) is 6.17. The minimum Gasteiger partial charge on any atom is -0.398 e. The van der Waals surface area contributed by atoms with Gasteiger partial charge < -0.3 is 16.4 Å². The van der Waals surface area contributed by atoms with Crippen molar-refractivity contribution in [3.05, 3.63) is 47.3 Å². The Bertz CT molecular complexity index is 803. The first-order chi connectivity index (χ1) is 12.4. The fraction of sp³-hybridized carbons (Fsp3) is 0.353. The molecular formula is C17H18F3N5O. The number of anilines is 2. The maximum Gasteiger partial charge on any atom is 0.420 e. The van der Waals surface area contributed by atoms with Crippen molar-refractivity contribution in [1.29, 1.82) is 0 Å². The molecule has 4 N–H and O–H groups in total. The molecule has 0 amide bonds. The number of nitrogen functional groups attached to an aromatic ring is 1. The van der Waals surface area contributed by atoms with Crippen molar-refractivity contribution < 1.29 is 18.0 Å². The highest BCUT2D eigenvalue weighted by atomic mass is 19.4. The van der Waals surface area contributed by atoms with Crippen LogP contribution in [0.15, 0.2) is 30.5 Å². The van der Waals surface area contributed by atoms with E-state index in [0.29, 0.717) is 12.7 Å². The van der Waals surface area contributed by atoms with Gasteiger partial charge in [-0.15, -0.1) is 0 Å². The number of carbonyl (C=O) groups excluding carboxylic acids is 1. The zero-order valence-corrected chi connectivity index (χ0v) is 13.8. The molecule has 1 aliphatic rings. The van der Waals surface area contributed by atoms with Crippen molar-refractivity contribution in [2.24, 2.45) is 0 Å². The molecule has 1 fully saturated rings. The van der Waals surface area contributed by atoms with E-state index in [2.05, 4.69) is 20.6 Å². The monoisotopic (exact) mass is 365 g/mol. The number of piperidine rings is 1. The molecule has 1 aliphatic heterocycles. The third-order valence-electron chi connectivity index (χ3n) is 4.14. The number of rotatable bonds is 4. The lowest BCUT2D eigenvalue weighted by Crippen LogP contribution is -2.39. The Morgan fingerprint density at radius 3 is 2.73 bits per heavy atom. The summed E-state index contributed by atoms with van der Waals surface area (Å²) in [6.07, 6.45) is -2.34. The topological polar surface area (TPSA) is 92.9 Å². The average molecular weight is 365 g/mol. The molecule has 26 heavy (non-hydrogen) atoms. The largest absolute Gasteiger partial charge is 0.420 e. The van der Waals surface area contributed by atoms with Crippen LogP contribution >= 0.6 is 0 Å². The number of nitrogens with one attached hydrogen (secondary N) is 2. The van der Waals surface area contributed by atoms with E-state index in [1.807, 2.05) is 0 Å². The molecule has 2 aromatic rings. The Kier molecular flexibility index (Phi) is 5.08. The maximum atomic E-state index is 13.3. The molecule has 1 atom stereocenters. The number of hydrogen-bond acceptors (Lipinski definition) is 6. The average Bonchev–Trinajstić information content (AvgIpc) is 2.61. The molecule has 1 unspecified atom stereocenters. The summed E-state index contributed by atoms with van der Waals surface area (Å²) in [5.74, 6) is -0.896. The number of nitrogens with two attached hydrogens (primary N) is 1. The molecule has 0 aliphatic carbocycles. The fourth-order valence-corrected chi connectivity index (χ4v) is 2.82. The Morgan fingerprint density at radius 1 is 1.31 bits per heavy atom. The van der Waals surface area contributed by atoms with Crippen LogP contribution in [0, 0.1) is 0 Å². The van der Waals surface area contributed by atoms with Gasteiger partial charge in [0.2, 0.25) is 11.7 Å². The van der Waals surface area contributed by atoms with Gasteiger partial charge in [-0.05, 0) is 31.5 Å². The lowest BCUT2D eigenvalue weighted by atomic mass is 10.0. The molecule has 6 nitrogen and oxygen atoms in total. The summed E-state index contributed by atoms with van der Waals surface area (Å²) in [7, 11) is 0. The van der Waals surface area contributed by atoms with Gasteiger partial charge in [0.25, 0.3) is 0 Å². The van der Waals surface area contributed by atoms with Crippen LogP contribution < -0.4 is 16.4 Å². The van der Waals surface area contributed by atoms with Gasteiger partial charge in [-0.1, -0.05) is 12.1 Å². The number of para-hydroxylation sites is 1. The van der Waals surface area contributed by atoms with Crippen molar-refractivity contribution in [3.63, 3.8) is 0 Å². The minimum atomic E-state index is -4.75. The number of nitrogens with zero attached hydrogens (tertiary/aromatic N) is 2.